The van der Waals surface area contributed by atoms with Crippen molar-refractivity contribution in [3.8, 4) is 0 Å². The van der Waals surface area contributed by atoms with Crippen LogP contribution in [0.1, 0.15) is 59.3 Å². The highest BCUT2D eigenvalue weighted by Gasteiger charge is 2.51. The summed E-state index contributed by atoms with van der Waals surface area (Å²) in [6.45, 7) is 7.35. The molecule has 0 radical (unpaired) electrons. The largest absolute Gasteiger partial charge is 0.373 e. The molecule has 0 unspecified atom stereocenters. The van der Waals surface area contributed by atoms with Crippen LogP contribution in [0.2, 0.25) is 0 Å². The third-order valence-corrected chi connectivity index (χ3v) is 7.03. The van der Waals surface area contributed by atoms with Gasteiger partial charge in [-0.3, -0.25) is 15.0 Å². The number of nitrogens with one attached hydrogen (secondary N) is 2. The molecule has 0 aromatic rings. The topological polar surface area (TPSA) is 70.7 Å². The summed E-state index contributed by atoms with van der Waals surface area (Å²) in [5.74, 6) is 2.10. The van der Waals surface area contributed by atoms with E-state index in [1.807, 2.05) is 20.8 Å². The fourth-order valence-electron chi connectivity index (χ4n) is 6.45. The van der Waals surface area contributed by atoms with Crippen LogP contribution in [0.25, 0.3) is 0 Å². The molecule has 3 amide bonds. The Morgan fingerprint density at radius 2 is 1.50 bits per heavy atom. The molecule has 5 rings (SSSR count). The Morgan fingerprint density at radius 1 is 1.00 bits per heavy atom. The minimum atomic E-state index is -0.328. The standard InChI is InChI=1S/C20H33N3O3/c1-12-10-23(11-13(2)26-12)14(3)18(24)21-19(25)22-20-7-15-4-16(8-20)6-17(5-15)9-20/h12-17H,4-11H2,1-3H3,(H2,21,22,24,25)/t12-,13-,14+,15?,16?,17?,20?/m1/s1. The van der Waals surface area contributed by atoms with E-state index >= 15 is 0 Å². The van der Waals surface area contributed by atoms with E-state index in [9.17, 15) is 9.59 Å². The zero-order valence-corrected chi connectivity index (χ0v) is 16.3. The molecule has 0 aromatic carbocycles. The van der Waals surface area contributed by atoms with Crippen molar-refractivity contribution in [3.63, 3.8) is 0 Å². The number of urea groups is 1. The summed E-state index contributed by atoms with van der Waals surface area (Å²) in [6, 6.07) is -0.635. The van der Waals surface area contributed by atoms with E-state index < -0.39 is 0 Å². The molecule has 0 aromatic heterocycles. The Kier molecular flexibility index (Phi) is 4.76. The summed E-state index contributed by atoms with van der Waals surface area (Å²) in [7, 11) is 0. The molecule has 0 spiro atoms. The molecule has 1 heterocycles. The van der Waals surface area contributed by atoms with E-state index in [1.165, 1.54) is 19.3 Å². The quantitative estimate of drug-likeness (QED) is 0.807. The summed E-state index contributed by atoms with van der Waals surface area (Å²) < 4.78 is 5.73. The maximum absolute atomic E-state index is 12.6. The number of carbonyl (C=O) groups excluding carboxylic acids is 2. The van der Waals surface area contributed by atoms with Crippen molar-refractivity contribution in [2.45, 2.75) is 83.1 Å². The second-order valence-corrected chi connectivity index (χ2v) is 9.53. The van der Waals surface area contributed by atoms with Crippen LogP contribution in [0, 0.1) is 17.8 Å². The van der Waals surface area contributed by atoms with Gasteiger partial charge in [-0.1, -0.05) is 0 Å². The smallest absolute Gasteiger partial charge is 0.321 e. The lowest BCUT2D eigenvalue weighted by atomic mass is 9.53. The van der Waals surface area contributed by atoms with Crippen LogP contribution in [0.15, 0.2) is 0 Å². The highest BCUT2D eigenvalue weighted by Crippen LogP contribution is 2.55. The molecule has 1 saturated heterocycles. The first-order chi connectivity index (χ1) is 12.3. The minimum absolute atomic E-state index is 0.0651. The Hall–Kier alpha value is -1.14. The van der Waals surface area contributed by atoms with Crippen LogP contribution in [-0.2, 0) is 9.53 Å². The number of morpholine rings is 1. The van der Waals surface area contributed by atoms with Crippen molar-refractivity contribution in [1.82, 2.24) is 15.5 Å². The second-order valence-electron chi connectivity index (χ2n) is 9.53. The fourth-order valence-corrected chi connectivity index (χ4v) is 6.45. The molecule has 6 heteroatoms. The van der Waals surface area contributed by atoms with Gasteiger partial charge in [0.1, 0.15) is 0 Å². The number of carbonyl (C=O) groups is 2. The van der Waals surface area contributed by atoms with Gasteiger partial charge >= 0.3 is 6.03 Å². The zero-order valence-electron chi connectivity index (χ0n) is 16.3. The summed E-state index contributed by atoms with van der Waals surface area (Å²) in [5, 5.41) is 5.83. The first-order valence-corrected chi connectivity index (χ1v) is 10.3. The Balaban J connectivity index is 1.32. The Morgan fingerprint density at radius 3 is 2.00 bits per heavy atom. The van der Waals surface area contributed by atoms with Crippen molar-refractivity contribution in [3.05, 3.63) is 0 Å². The van der Waals surface area contributed by atoms with Gasteiger partial charge < -0.3 is 10.1 Å². The van der Waals surface area contributed by atoms with Crippen LogP contribution in [0.3, 0.4) is 0 Å². The van der Waals surface area contributed by atoms with Crippen molar-refractivity contribution in [2.24, 2.45) is 17.8 Å². The van der Waals surface area contributed by atoms with Gasteiger partial charge in [-0.2, -0.15) is 0 Å². The maximum atomic E-state index is 12.6. The highest BCUT2D eigenvalue weighted by atomic mass is 16.5. The average Bonchev–Trinajstić information content (AvgIpc) is 2.51. The lowest BCUT2D eigenvalue weighted by Crippen LogP contribution is -2.63. The number of imide groups is 1. The minimum Gasteiger partial charge on any atom is -0.373 e. The molecule has 5 fully saturated rings. The summed E-state index contributed by atoms with van der Waals surface area (Å²) in [5.41, 5.74) is -0.0651. The molecular weight excluding hydrogens is 330 g/mol. The van der Waals surface area contributed by atoms with Crippen LogP contribution in [0.4, 0.5) is 4.79 Å². The maximum Gasteiger partial charge on any atom is 0.321 e. The molecule has 6 nitrogen and oxygen atoms in total. The van der Waals surface area contributed by atoms with E-state index in [4.69, 9.17) is 4.74 Å². The van der Waals surface area contributed by atoms with Crippen molar-refractivity contribution >= 4 is 11.9 Å². The van der Waals surface area contributed by atoms with Crippen LogP contribution < -0.4 is 10.6 Å². The molecule has 146 valence electrons. The Labute approximate surface area is 156 Å². The normalized spacial score (nSPS) is 43.1. The van der Waals surface area contributed by atoms with Gasteiger partial charge in [0.15, 0.2) is 0 Å². The number of hydrogen-bond acceptors (Lipinski definition) is 4. The number of amides is 3. The van der Waals surface area contributed by atoms with Gasteiger partial charge in [0.05, 0.1) is 18.2 Å². The van der Waals surface area contributed by atoms with Crippen LogP contribution in [-0.4, -0.2) is 53.7 Å². The van der Waals surface area contributed by atoms with Gasteiger partial charge in [0, 0.05) is 18.6 Å². The number of nitrogens with zero attached hydrogens (tertiary/aromatic N) is 1. The van der Waals surface area contributed by atoms with E-state index in [-0.39, 0.29) is 35.7 Å². The summed E-state index contributed by atoms with van der Waals surface area (Å²) in [4.78, 5) is 27.3. The van der Waals surface area contributed by atoms with Gasteiger partial charge in [0.25, 0.3) is 0 Å². The lowest BCUT2D eigenvalue weighted by molar-refractivity contribution is -0.130. The predicted molar refractivity (Wildman–Crippen MR) is 98.6 cm³/mol. The molecule has 1 aliphatic heterocycles. The Bertz CT molecular complexity index is 533. The van der Waals surface area contributed by atoms with Crippen molar-refractivity contribution in [1.29, 1.82) is 0 Å². The van der Waals surface area contributed by atoms with Crippen molar-refractivity contribution < 1.29 is 14.3 Å². The third kappa shape index (κ3) is 3.63. The molecule has 4 bridgehead atoms. The first kappa shape index (κ1) is 18.2. The SMILES string of the molecule is C[C@@H]1CN([C@@H](C)C(=O)NC(=O)NC23CC4CC(CC(C4)C2)C3)C[C@@H](C)O1. The molecule has 5 aliphatic rings. The summed E-state index contributed by atoms with van der Waals surface area (Å²) >= 11 is 0. The van der Waals surface area contributed by atoms with Crippen LogP contribution >= 0.6 is 0 Å². The molecule has 4 saturated carbocycles. The second kappa shape index (κ2) is 6.79. The number of ether oxygens (including phenoxy) is 1. The van der Waals surface area contributed by atoms with Gasteiger partial charge in [0.2, 0.25) is 5.91 Å². The van der Waals surface area contributed by atoms with E-state index in [0.29, 0.717) is 0 Å². The van der Waals surface area contributed by atoms with Crippen molar-refractivity contribution in [2.75, 3.05) is 13.1 Å². The predicted octanol–water partition coefficient (Wildman–Crippen LogP) is 2.28. The van der Waals surface area contributed by atoms with E-state index in [1.54, 1.807) is 0 Å². The molecule has 26 heavy (non-hydrogen) atoms. The fraction of sp³-hybridized carbons (Fsp3) is 0.900. The number of hydrogen-bond donors (Lipinski definition) is 2. The monoisotopic (exact) mass is 363 g/mol. The van der Waals surface area contributed by atoms with E-state index in [0.717, 1.165) is 50.1 Å². The lowest BCUT2D eigenvalue weighted by Gasteiger charge is -2.56. The molecule has 2 N–H and O–H groups in total. The first-order valence-electron chi connectivity index (χ1n) is 10.3. The summed E-state index contributed by atoms with van der Waals surface area (Å²) in [6.07, 6.45) is 7.51. The third-order valence-electron chi connectivity index (χ3n) is 7.03. The average molecular weight is 364 g/mol. The molecule has 3 atom stereocenters. The van der Waals surface area contributed by atoms with E-state index in [2.05, 4.69) is 15.5 Å². The van der Waals surface area contributed by atoms with Gasteiger partial charge in [-0.25, -0.2) is 4.79 Å². The van der Waals surface area contributed by atoms with Gasteiger partial charge in [-0.05, 0) is 77.0 Å². The molecule has 4 aliphatic carbocycles. The zero-order chi connectivity index (χ0) is 18.5. The number of rotatable bonds is 3. The van der Waals surface area contributed by atoms with Gasteiger partial charge in [-0.15, -0.1) is 0 Å². The molecular formula is C20H33N3O3. The van der Waals surface area contributed by atoms with Crippen LogP contribution in [0.5, 0.6) is 0 Å². The highest BCUT2D eigenvalue weighted by molar-refractivity contribution is 5.97.